The van der Waals surface area contributed by atoms with Crippen LogP contribution in [-0.4, -0.2) is 76.8 Å². The van der Waals surface area contributed by atoms with Crippen molar-refractivity contribution in [2.75, 3.05) is 64.3 Å². The predicted octanol–water partition coefficient (Wildman–Crippen LogP) is 2.79. The first-order valence-electron chi connectivity index (χ1n) is 10.6. The number of nitrogens with zero attached hydrogens (tertiary/aromatic N) is 2. The molecular weight excluding hydrogens is 446 g/mol. The average molecular weight is 476 g/mol. The molecule has 0 radical (unpaired) electrons. The molecule has 1 saturated heterocycles. The van der Waals surface area contributed by atoms with E-state index in [9.17, 15) is 14.4 Å². The fourth-order valence-corrected chi connectivity index (χ4v) is 4.85. The minimum absolute atomic E-state index is 0.183. The SMILES string of the molecule is COC(=O)c1sc(NC(=O)CCN2CCN(c3cccc(OC)c3)CC2)c(C(=O)OC)c1C. The number of hydrogen-bond donors (Lipinski definition) is 1. The maximum absolute atomic E-state index is 12.6. The van der Waals surface area contributed by atoms with Crippen molar-refractivity contribution in [3.8, 4) is 5.75 Å². The second-order valence-corrected chi connectivity index (χ2v) is 8.59. The van der Waals surface area contributed by atoms with Gasteiger partial charge in [0.05, 0.1) is 26.9 Å². The van der Waals surface area contributed by atoms with Crippen molar-refractivity contribution in [3.63, 3.8) is 0 Å². The number of methoxy groups -OCH3 is 3. The summed E-state index contributed by atoms with van der Waals surface area (Å²) in [5, 5.41) is 3.07. The van der Waals surface area contributed by atoms with Crippen molar-refractivity contribution in [1.29, 1.82) is 0 Å². The van der Waals surface area contributed by atoms with Gasteiger partial charge in [-0.3, -0.25) is 9.69 Å². The Labute approximate surface area is 197 Å². The summed E-state index contributed by atoms with van der Waals surface area (Å²) >= 11 is 1.02. The van der Waals surface area contributed by atoms with Gasteiger partial charge in [0, 0.05) is 50.9 Å². The van der Waals surface area contributed by atoms with E-state index in [1.54, 1.807) is 14.0 Å². The van der Waals surface area contributed by atoms with Crippen molar-refractivity contribution < 1.29 is 28.6 Å². The summed E-state index contributed by atoms with van der Waals surface area (Å²) in [5.41, 5.74) is 1.74. The van der Waals surface area contributed by atoms with Gasteiger partial charge in [-0.15, -0.1) is 11.3 Å². The molecule has 0 bridgehead atoms. The highest BCUT2D eigenvalue weighted by Gasteiger charge is 2.27. The third kappa shape index (κ3) is 5.82. The standard InChI is InChI=1S/C23H29N3O6S/c1-15-19(22(28)31-3)21(33-20(15)23(29)32-4)24-18(27)8-9-25-10-12-26(13-11-25)16-6-5-7-17(14-16)30-2/h5-7,14H,8-13H2,1-4H3,(H,24,27). The Morgan fingerprint density at radius 2 is 1.73 bits per heavy atom. The number of hydrogen-bond acceptors (Lipinski definition) is 9. The topological polar surface area (TPSA) is 97.4 Å². The van der Waals surface area contributed by atoms with E-state index in [0.717, 1.165) is 49.0 Å². The van der Waals surface area contributed by atoms with Gasteiger partial charge < -0.3 is 24.4 Å². The molecule has 1 aromatic heterocycles. The lowest BCUT2D eigenvalue weighted by Gasteiger charge is -2.36. The first kappa shape index (κ1) is 24.5. The quantitative estimate of drug-likeness (QED) is 0.582. The number of piperazine rings is 1. The second kappa shape index (κ2) is 11.2. The van der Waals surface area contributed by atoms with Crippen LogP contribution in [0.5, 0.6) is 5.75 Å². The average Bonchev–Trinajstić information content (AvgIpc) is 3.17. The largest absolute Gasteiger partial charge is 0.497 e. The van der Waals surface area contributed by atoms with Crippen molar-refractivity contribution >= 4 is 39.9 Å². The summed E-state index contributed by atoms with van der Waals surface area (Å²) in [6, 6.07) is 7.99. The number of nitrogens with one attached hydrogen (secondary N) is 1. The fourth-order valence-electron chi connectivity index (χ4n) is 3.72. The number of amides is 1. The lowest BCUT2D eigenvalue weighted by atomic mass is 10.1. The summed E-state index contributed by atoms with van der Waals surface area (Å²) in [4.78, 5) is 41.6. The molecule has 1 amide bonds. The Morgan fingerprint density at radius 3 is 2.36 bits per heavy atom. The maximum Gasteiger partial charge on any atom is 0.348 e. The Kier molecular flexibility index (Phi) is 8.29. The van der Waals surface area contributed by atoms with Crippen molar-refractivity contribution in [2.45, 2.75) is 13.3 Å². The van der Waals surface area contributed by atoms with Crippen LogP contribution in [-0.2, 0) is 14.3 Å². The van der Waals surface area contributed by atoms with Crippen LogP contribution in [0, 0.1) is 6.92 Å². The van der Waals surface area contributed by atoms with Crippen LogP contribution in [0.2, 0.25) is 0 Å². The van der Waals surface area contributed by atoms with Crippen LogP contribution in [0.15, 0.2) is 24.3 Å². The molecule has 2 aromatic rings. The first-order chi connectivity index (χ1) is 15.9. The number of benzene rings is 1. The number of carbonyl (C=O) groups is 3. The van der Waals surface area contributed by atoms with Crippen LogP contribution in [0.25, 0.3) is 0 Å². The lowest BCUT2D eigenvalue weighted by molar-refractivity contribution is -0.116. The Bertz CT molecular complexity index is 1010. The minimum Gasteiger partial charge on any atom is -0.497 e. The van der Waals surface area contributed by atoms with E-state index in [1.165, 1.54) is 14.2 Å². The van der Waals surface area contributed by atoms with E-state index >= 15 is 0 Å². The highest BCUT2D eigenvalue weighted by molar-refractivity contribution is 7.18. The van der Waals surface area contributed by atoms with Crippen LogP contribution in [0.1, 0.15) is 32.0 Å². The van der Waals surface area contributed by atoms with Gasteiger partial charge in [0.15, 0.2) is 0 Å². The summed E-state index contributed by atoms with van der Waals surface area (Å²) < 4.78 is 14.9. The maximum atomic E-state index is 12.6. The molecule has 0 saturated carbocycles. The molecule has 0 unspecified atom stereocenters. The number of esters is 2. The third-order valence-corrected chi connectivity index (χ3v) is 6.79. The molecular formula is C23H29N3O6S. The molecule has 178 valence electrons. The van der Waals surface area contributed by atoms with E-state index < -0.39 is 11.9 Å². The van der Waals surface area contributed by atoms with E-state index in [1.807, 2.05) is 18.2 Å². The number of thiophene rings is 1. The lowest BCUT2D eigenvalue weighted by Crippen LogP contribution is -2.47. The van der Waals surface area contributed by atoms with Gasteiger partial charge in [0.2, 0.25) is 5.91 Å². The van der Waals surface area contributed by atoms with Gasteiger partial charge >= 0.3 is 11.9 Å². The fraction of sp³-hybridized carbons (Fsp3) is 0.435. The number of rotatable bonds is 8. The molecule has 1 aliphatic rings. The van der Waals surface area contributed by atoms with Crippen LogP contribution in [0.4, 0.5) is 10.7 Å². The van der Waals surface area contributed by atoms with Gasteiger partial charge in [-0.25, -0.2) is 9.59 Å². The highest BCUT2D eigenvalue weighted by Crippen LogP contribution is 2.34. The van der Waals surface area contributed by atoms with E-state index in [-0.39, 0.29) is 22.8 Å². The monoisotopic (exact) mass is 475 g/mol. The number of carbonyl (C=O) groups excluding carboxylic acids is 3. The Morgan fingerprint density at radius 1 is 1.03 bits per heavy atom. The summed E-state index contributed by atoms with van der Waals surface area (Å²) in [5.74, 6) is -0.565. The molecule has 2 heterocycles. The van der Waals surface area contributed by atoms with Crippen LogP contribution < -0.4 is 15.0 Å². The zero-order chi connectivity index (χ0) is 24.0. The van der Waals surface area contributed by atoms with Crippen LogP contribution in [0.3, 0.4) is 0 Å². The Balaban J connectivity index is 1.56. The van der Waals surface area contributed by atoms with E-state index in [4.69, 9.17) is 14.2 Å². The molecule has 1 aromatic carbocycles. The molecule has 10 heteroatoms. The zero-order valence-corrected chi connectivity index (χ0v) is 20.1. The van der Waals surface area contributed by atoms with Crippen molar-refractivity contribution in [2.24, 2.45) is 0 Å². The molecule has 0 atom stereocenters. The van der Waals surface area contributed by atoms with Gasteiger partial charge in [-0.05, 0) is 24.6 Å². The summed E-state index contributed by atoms with van der Waals surface area (Å²) in [6.07, 6.45) is 0.268. The molecule has 1 fully saturated rings. The second-order valence-electron chi connectivity index (χ2n) is 7.57. The molecule has 0 aliphatic carbocycles. The van der Waals surface area contributed by atoms with Gasteiger partial charge in [0.25, 0.3) is 0 Å². The summed E-state index contributed by atoms with van der Waals surface area (Å²) in [7, 11) is 4.18. The zero-order valence-electron chi connectivity index (χ0n) is 19.3. The molecule has 1 N–H and O–H groups in total. The number of ether oxygens (including phenoxy) is 3. The summed E-state index contributed by atoms with van der Waals surface area (Å²) in [6.45, 7) is 5.61. The normalized spacial score (nSPS) is 14.0. The van der Waals surface area contributed by atoms with Crippen molar-refractivity contribution in [3.05, 3.63) is 40.3 Å². The first-order valence-corrected chi connectivity index (χ1v) is 11.4. The highest BCUT2D eigenvalue weighted by atomic mass is 32.1. The van der Waals surface area contributed by atoms with E-state index in [0.29, 0.717) is 17.1 Å². The Hall–Kier alpha value is -3.11. The number of anilines is 2. The molecule has 3 rings (SSSR count). The molecule has 33 heavy (non-hydrogen) atoms. The molecule has 9 nitrogen and oxygen atoms in total. The van der Waals surface area contributed by atoms with E-state index in [2.05, 4.69) is 21.2 Å². The predicted molar refractivity (Wildman–Crippen MR) is 127 cm³/mol. The van der Waals surface area contributed by atoms with Crippen molar-refractivity contribution in [1.82, 2.24) is 4.90 Å². The van der Waals surface area contributed by atoms with Gasteiger partial charge in [0.1, 0.15) is 15.6 Å². The van der Waals surface area contributed by atoms with Gasteiger partial charge in [-0.1, -0.05) is 6.07 Å². The molecule has 1 aliphatic heterocycles. The van der Waals surface area contributed by atoms with Gasteiger partial charge in [-0.2, -0.15) is 0 Å². The minimum atomic E-state index is -0.608. The third-order valence-electron chi connectivity index (χ3n) is 5.61. The smallest absolute Gasteiger partial charge is 0.348 e. The van der Waals surface area contributed by atoms with Crippen LogP contribution >= 0.6 is 11.3 Å². The molecule has 0 spiro atoms.